The minimum absolute atomic E-state index is 0.0818. The fourth-order valence-corrected chi connectivity index (χ4v) is 6.20. The van der Waals surface area contributed by atoms with Gasteiger partial charge in [-0.3, -0.25) is 9.79 Å². The van der Waals surface area contributed by atoms with Gasteiger partial charge >= 0.3 is 6.18 Å². The number of amides is 1. The predicted molar refractivity (Wildman–Crippen MR) is 148 cm³/mol. The molecule has 2 N–H and O–H groups in total. The normalized spacial score (nSPS) is 20.2. The molecule has 2 aromatic carbocycles. The summed E-state index contributed by atoms with van der Waals surface area (Å²) in [4.78, 5) is 17.2. The Morgan fingerprint density at radius 3 is 2.29 bits per heavy atom. The van der Waals surface area contributed by atoms with Crippen LogP contribution < -0.4 is 10.6 Å². The summed E-state index contributed by atoms with van der Waals surface area (Å²) in [6.45, 7) is 8.38. The van der Waals surface area contributed by atoms with Gasteiger partial charge in [0.05, 0.1) is 17.0 Å². The lowest BCUT2D eigenvalue weighted by atomic mass is 9.70. The average molecular weight is 595 g/mol. The van der Waals surface area contributed by atoms with Crippen LogP contribution in [0.1, 0.15) is 50.7 Å². The average Bonchev–Trinajstić information content (AvgIpc) is 3.31. The first-order valence-electron chi connectivity index (χ1n) is 13.3. The molecule has 1 atom stereocenters. The number of carbonyl (C=O) groups excluding carboxylic acids is 1. The number of alkyl halides is 3. The number of nitrogens with zero attached hydrogens (tertiary/aromatic N) is 2. The van der Waals surface area contributed by atoms with Crippen molar-refractivity contribution in [1.82, 2.24) is 14.9 Å². The maximum absolute atomic E-state index is 13.5. The summed E-state index contributed by atoms with van der Waals surface area (Å²) < 4.78 is 80.6. The van der Waals surface area contributed by atoms with Gasteiger partial charge in [-0.25, -0.2) is 12.8 Å². The molecule has 4 rings (SSSR count). The van der Waals surface area contributed by atoms with Crippen LogP contribution in [-0.2, 0) is 27.5 Å². The molecule has 0 bridgehead atoms. The molecular weight excluding hydrogens is 560 g/mol. The van der Waals surface area contributed by atoms with E-state index in [-0.39, 0.29) is 42.3 Å². The Morgan fingerprint density at radius 2 is 1.73 bits per heavy atom. The maximum atomic E-state index is 13.5. The molecule has 1 heterocycles. The Labute approximate surface area is 237 Å². The standard InChI is InChI=1S/C29H34F4N4O3S/c1-20(25-34-19-28(3,36-25)26(38)35-18-27(2)14-4-15-27)13-16-37(41(39,40)24-11-9-23(30)10-12-24)17-21-5-7-22(8-6-21)29(31,32)33/h5-12H,1,4,13-19H2,2-3H3,(H,34,36)(H,35,38)/t28-/m1/s1. The first kappa shape index (κ1) is 30.7. The molecule has 1 aliphatic heterocycles. The number of hydrogen-bond acceptors (Lipinski definition) is 5. The first-order chi connectivity index (χ1) is 19.1. The van der Waals surface area contributed by atoms with Crippen LogP contribution in [0.15, 0.2) is 70.6 Å². The van der Waals surface area contributed by atoms with E-state index in [1.54, 1.807) is 6.92 Å². The monoisotopic (exact) mass is 594 g/mol. The van der Waals surface area contributed by atoms with E-state index in [1.165, 1.54) is 12.1 Å². The molecule has 0 spiro atoms. The van der Waals surface area contributed by atoms with Gasteiger partial charge in [0.25, 0.3) is 0 Å². The Bertz CT molecular complexity index is 1420. The number of halogens is 4. The van der Waals surface area contributed by atoms with Crippen molar-refractivity contribution < 1.29 is 30.8 Å². The molecule has 1 fully saturated rings. The minimum atomic E-state index is -4.52. The summed E-state index contributed by atoms with van der Waals surface area (Å²) in [5.41, 5.74) is -0.890. The van der Waals surface area contributed by atoms with E-state index in [4.69, 9.17) is 0 Å². The van der Waals surface area contributed by atoms with E-state index >= 15 is 0 Å². The van der Waals surface area contributed by atoms with Crippen LogP contribution >= 0.6 is 0 Å². The van der Waals surface area contributed by atoms with Crippen LogP contribution in [0.2, 0.25) is 0 Å². The van der Waals surface area contributed by atoms with Crippen molar-refractivity contribution in [3.8, 4) is 0 Å². The van der Waals surface area contributed by atoms with Crippen molar-refractivity contribution in [3.63, 3.8) is 0 Å². The Morgan fingerprint density at radius 1 is 1.10 bits per heavy atom. The molecule has 1 aliphatic carbocycles. The van der Waals surface area contributed by atoms with Crippen molar-refractivity contribution in [1.29, 1.82) is 0 Å². The van der Waals surface area contributed by atoms with Gasteiger partial charge in [0.2, 0.25) is 15.9 Å². The van der Waals surface area contributed by atoms with E-state index < -0.39 is 33.1 Å². The lowest BCUT2D eigenvalue weighted by Crippen LogP contribution is -2.57. The molecular formula is C29H34F4N4O3S. The number of rotatable bonds is 11. The molecule has 222 valence electrons. The lowest BCUT2D eigenvalue weighted by Gasteiger charge is -2.39. The Hall–Kier alpha value is -3.25. The van der Waals surface area contributed by atoms with Gasteiger partial charge in [-0.05, 0) is 79.1 Å². The van der Waals surface area contributed by atoms with Crippen LogP contribution in [0.3, 0.4) is 0 Å². The second-order valence-electron chi connectivity index (χ2n) is 11.3. The van der Waals surface area contributed by atoms with Gasteiger partial charge in [0.15, 0.2) is 0 Å². The molecule has 0 aromatic heterocycles. The number of benzene rings is 2. The quantitative estimate of drug-likeness (QED) is 0.357. The van der Waals surface area contributed by atoms with Crippen molar-refractivity contribution >= 4 is 21.8 Å². The van der Waals surface area contributed by atoms with Gasteiger partial charge in [-0.15, -0.1) is 0 Å². The molecule has 0 saturated heterocycles. The molecule has 0 unspecified atom stereocenters. The van der Waals surface area contributed by atoms with Crippen molar-refractivity contribution in [2.45, 2.75) is 62.7 Å². The van der Waals surface area contributed by atoms with Gasteiger partial charge in [0, 0.05) is 19.6 Å². The van der Waals surface area contributed by atoms with Crippen LogP contribution in [0.4, 0.5) is 17.6 Å². The zero-order valence-electron chi connectivity index (χ0n) is 23.0. The third kappa shape index (κ3) is 7.16. The molecule has 7 nitrogen and oxygen atoms in total. The third-order valence-electron chi connectivity index (χ3n) is 7.77. The second kappa shape index (κ2) is 11.6. The maximum Gasteiger partial charge on any atom is 0.416 e. The Balaban J connectivity index is 1.44. The van der Waals surface area contributed by atoms with Crippen molar-refractivity contribution in [2.75, 3.05) is 19.6 Å². The highest BCUT2D eigenvalue weighted by atomic mass is 32.2. The molecule has 1 amide bonds. The molecule has 2 aromatic rings. The lowest BCUT2D eigenvalue weighted by molar-refractivity contribution is -0.137. The largest absolute Gasteiger partial charge is 0.416 e. The zero-order valence-corrected chi connectivity index (χ0v) is 23.8. The number of aliphatic imine (C=N–C) groups is 1. The summed E-state index contributed by atoms with van der Waals surface area (Å²) in [7, 11) is -4.15. The highest BCUT2D eigenvalue weighted by molar-refractivity contribution is 7.89. The van der Waals surface area contributed by atoms with E-state index in [2.05, 4.69) is 29.1 Å². The number of nitrogens with one attached hydrogen (secondary N) is 2. The summed E-state index contributed by atoms with van der Waals surface area (Å²) in [5.74, 6) is -0.392. The molecule has 2 aliphatic rings. The highest BCUT2D eigenvalue weighted by Gasteiger charge is 2.40. The second-order valence-corrected chi connectivity index (χ2v) is 13.2. The number of amidine groups is 1. The van der Waals surface area contributed by atoms with E-state index in [9.17, 15) is 30.8 Å². The molecule has 0 radical (unpaired) electrons. The summed E-state index contributed by atoms with van der Waals surface area (Å²) in [6.07, 6.45) is -1.10. The number of hydrogen-bond donors (Lipinski definition) is 2. The molecule has 41 heavy (non-hydrogen) atoms. The van der Waals surface area contributed by atoms with Crippen LogP contribution in [0, 0.1) is 11.2 Å². The summed E-state index contributed by atoms with van der Waals surface area (Å²) in [5, 5.41) is 6.14. The number of sulfonamides is 1. The van der Waals surface area contributed by atoms with E-state index in [0.29, 0.717) is 23.5 Å². The zero-order chi connectivity index (χ0) is 30.1. The van der Waals surface area contributed by atoms with E-state index in [1.807, 2.05) is 0 Å². The van der Waals surface area contributed by atoms with Crippen molar-refractivity contribution in [2.24, 2.45) is 10.4 Å². The first-order valence-corrected chi connectivity index (χ1v) is 14.8. The fraction of sp³-hybridized carbons (Fsp3) is 0.448. The Kier molecular flexibility index (Phi) is 8.65. The predicted octanol–water partition coefficient (Wildman–Crippen LogP) is 5.05. The van der Waals surface area contributed by atoms with Crippen LogP contribution in [0.25, 0.3) is 0 Å². The molecule has 12 heteroatoms. The highest BCUT2D eigenvalue weighted by Crippen LogP contribution is 2.39. The SMILES string of the molecule is C=C(CCN(Cc1ccc(C(F)(F)F)cc1)S(=O)(=O)c1ccc(F)cc1)C1=NC[C@](C)(C(=O)NCC2(C)CCC2)N1. The molecule has 1 saturated carbocycles. The summed E-state index contributed by atoms with van der Waals surface area (Å²) >= 11 is 0. The van der Waals surface area contributed by atoms with Crippen molar-refractivity contribution in [3.05, 3.63) is 77.6 Å². The van der Waals surface area contributed by atoms with Crippen LogP contribution in [-0.4, -0.2) is 49.6 Å². The fourth-order valence-electron chi connectivity index (χ4n) is 4.77. The third-order valence-corrected chi connectivity index (χ3v) is 9.63. The summed E-state index contributed by atoms with van der Waals surface area (Å²) in [6, 6.07) is 8.55. The van der Waals surface area contributed by atoms with Gasteiger partial charge in [-0.2, -0.15) is 17.5 Å². The van der Waals surface area contributed by atoms with Crippen LogP contribution in [0.5, 0.6) is 0 Å². The van der Waals surface area contributed by atoms with E-state index in [0.717, 1.165) is 60.0 Å². The van der Waals surface area contributed by atoms with Gasteiger partial charge < -0.3 is 10.6 Å². The van der Waals surface area contributed by atoms with Gasteiger partial charge in [0.1, 0.15) is 17.2 Å². The minimum Gasteiger partial charge on any atom is -0.355 e. The van der Waals surface area contributed by atoms with Gasteiger partial charge in [-0.1, -0.05) is 32.1 Å². The smallest absolute Gasteiger partial charge is 0.355 e. The topological polar surface area (TPSA) is 90.9 Å². The number of carbonyl (C=O) groups is 1.